The Hall–Kier alpha value is -2.53. The monoisotopic (exact) mass is 372 g/mol. The van der Waals surface area contributed by atoms with Gasteiger partial charge in [-0.05, 0) is 42.7 Å². The molecule has 2 atom stereocenters. The molecule has 1 saturated carbocycles. The number of hydrogen-bond donors (Lipinski definition) is 2. The second-order valence-corrected chi connectivity index (χ2v) is 6.72. The number of carbonyl (C=O) groups excluding carboxylic acids is 2. The number of carbonyl (C=O) groups is 2. The van der Waals surface area contributed by atoms with Crippen molar-refractivity contribution in [3.05, 3.63) is 53.1 Å². The SMILES string of the molecule is CCc1ccccc1NC(=O)C1CC1C(=O)Nc1cc(Cl)ccc1OC. The molecule has 1 fully saturated rings. The minimum absolute atomic E-state index is 0.121. The highest BCUT2D eigenvalue weighted by molar-refractivity contribution is 6.31. The fraction of sp³-hybridized carbons (Fsp3) is 0.300. The van der Waals surface area contributed by atoms with Gasteiger partial charge in [0.25, 0.3) is 0 Å². The van der Waals surface area contributed by atoms with E-state index in [0.29, 0.717) is 22.9 Å². The Morgan fingerprint density at radius 2 is 1.73 bits per heavy atom. The highest BCUT2D eigenvalue weighted by Gasteiger charge is 2.48. The molecule has 0 aliphatic heterocycles. The van der Waals surface area contributed by atoms with Crippen molar-refractivity contribution >= 4 is 34.8 Å². The van der Waals surface area contributed by atoms with Crippen molar-refractivity contribution in [2.75, 3.05) is 17.7 Å². The van der Waals surface area contributed by atoms with Gasteiger partial charge in [-0.1, -0.05) is 36.7 Å². The molecule has 3 rings (SSSR count). The highest BCUT2D eigenvalue weighted by atomic mass is 35.5. The van der Waals surface area contributed by atoms with Crippen LogP contribution in [0.1, 0.15) is 18.9 Å². The third kappa shape index (κ3) is 3.99. The van der Waals surface area contributed by atoms with Gasteiger partial charge < -0.3 is 15.4 Å². The fourth-order valence-electron chi connectivity index (χ4n) is 2.95. The lowest BCUT2D eigenvalue weighted by atomic mass is 10.1. The molecule has 0 heterocycles. The van der Waals surface area contributed by atoms with Gasteiger partial charge in [-0.25, -0.2) is 0 Å². The molecule has 2 aromatic carbocycles. The van der Waals surface area contributed by atoms with Crippen LogP contribution in [-0.4, -0.2) is 18.9 Å². The third-order valence-electron chi connectivity index (χ3n) is 4.54. The summed E-state index contributed by atoms with van der Waals surface area (Å²) in [6.07, 6.45) is 1.37. The first-order valence-electron chi connectivity index (χ1n) is 8.56. The maximum absolute atomic E-state index is 12.5. The lowest BCUT2D eigenvalue weighted by molar-refractivity contribution is -0.122. The number of halogens is 1. The Morgan fingerprint density at radius 1 is 1.08 bits per heavy atom. The van der Waals surface area contributed by atoms with E-state index in [1.807, 2.05) is 31.2 Å². The van der Waals surface area contributed by atoms with Crippen molar-refractivity contribution < 1.29 is 14.3 Å². The quantitative estimate of drug-likeness (QED) is 0.801. The number of amides is 2. The minimum atomic E-state index is -0.340. The zero-order chi connectivity index (χ0) is 18.7. The van der Waals surface area contributed by atoms with E-state index in [4.69, 9.17) is 16.3 Å². The second kappa shape index (κ2) is 7.79. The molecule has 26 heavy (non-hydrogen) atoms. The maximum atomic E-state index is 12.5. The van der Waals surface area contributed by atoms with E-state index in [2.05, 4.69) is 10.6 Å². The lowest BCUT2D eigenvalue weighted by Crippen LogP contribution is -2.21. The Labute approximate surface area is 157 Å². The van der Waals surface area contributed by atoms with Gasteiger partial charge in [0.2, 0.25) is 11.8 Å². The minimum Gasteiger partial charge on any atom is -0.495 e. The van der Waals surface area contributed by atoms with Crippen molar-refractivity contribution in [3.63, 3.8) is 0 Å². The van der Waals surface area contributed by atoms with Crippen LogP contribution in [0.25, 0.3) is 0 Å². The largest absolute Gasteiger partial charge is 0.495 e. The maximum Gasteiger partial charge on any atom is 0.228 e. The number of anilines is 2. The summed E-state index contributed by atoms with van der Waals surface area (Å²) < 4.78 is 5.23. The van der Waals surface area contributed by atoms with Gasteiger partial charge in [0, 0.05) is 10.7 Å². The number of aryl methyl sites for hydroxylation is 1. The summed E-state index contributed by atoms with van der Waals surface area (Å²) in [4.78, 5) is 24.9. The summed E-state index contributed by atoms with van der Waals surface area (Å²) in [6.45, 7) is 2.04. The Morgan fingerprint density at radius 3 is 2.38 bits per heavy atom. The van der Waals surface area contributed by atoms with E-state index >= 15 is 0 Å². The van der Waals surface area contributed by atoms with Crippen LogP contribution in [0.5, 0.6) is 5.75 Å². The predicted molar refractivity (Wildman–Crippen MR) is 103 cm³/mol. The van der Waals surface area contributed by atoms with Gasteiger partial charge >= 0.3 is 0 Å². The van der Waals surface area contributed by atoms with Crippen molar-refractivity contribution in [1.29, 1.82) is 0 Å². The molecule has 2 unspecified atom stereocenters. The van der Waals surface area contributed by atoms with E-state index in [-0.39, 0.29) is 23.7 Å². The molecule has 0 radical (unpaired) electrons. The Bertz CT molecular complexity index is 838. The van der Waals surface area contributed by atoms with E-state index in [1.165, 1.54) is 7.11 Å². The summed E-state index contributed by atoms with van der Waals surface area (Å²) in [5.41, 5.74) is 2.39. The summed E-state index contributed by atoms with van der Waals surface area (Å²) in [7, 11) is 1.53. The molecule has 0 aromatic heterocycles. The number of para-hydroxylation sites is 1. The first kappa shape index (κ1) is 18.3. The molecule has 136 valence electrons. The number of ether oxygens (including phenoxy) is 1. The first-order valence-corrected chi connectivity index (χ1v) is 8.94. The molecule has 1 aliphatic rings. The zero-order valence-corrected chi connectivity index (χ0v) is 15.5. The van der Waals surface area contributed by atoms with Gasteiger partial charge in [-0.15, -0.1) is 0 Å². The van der Waals surface area contributed by atoms with Crippen LogP contribution in [0, 0.1) is 11.8 Å². The topological polar surface area (TPSA) is 67.4 Å². The smallest absolute Gasteiger partial charge is 0.228 e. The van der Waals surface area contributed by atoms with Crippen molar-refractivity contribution in [3.8, 4) is 5.75 Å². The van der Waals surface area contributed by atoms with Crippen LogP contribution in [0.3, 0.4) is 0 Å². The third-order valence-corrected chi connectivity index (χ3v) is 4.77. The van der Waals surface area contributed by atoms with Gasteiger partial charge in [0.1, 0.15) is 5.75 Å². The van der Waals surface area contributed by atoms with E-state index in [9.17, 15) is 9.59 Å². The number of methoxy groups -OCH3 is 1. The van der Waals surface area contributed by atoms with E-state index < -0.39 is 0 Å². The Kier molecular flexibility index (Phi) is 5.47. The number of hydrogen-bond acceptors (Lipinski definition) is 3. The van der Waals surface area contributed by atoms with Crippen LogP contribution >= 0.6 is 11.6 Å². The fourth-order valence-corrected chi connectivity index (χ4v) is 3.13. The van der Waals surface area contributed by atoms with Crippen LogP contribution < -0.4 is 15.4 Å². The van der Waals surface area contributed by atoms with Gasteiger partial charge in [0.05, 0.1) is 24.6 Å². The zero-order valence-electron chi connectivity index (χ0n) is 14.7. The average molecular weight is 373 g/mol. The summed E-state index contributed by atoms with van der Waals surface area (Å²) >= 11 is 5.98. The molecule has 0 bridgehead atoms. The molecular weight excluding hydrogens is 352 g/mol. The number of benzene rings is 2. The number of rotatable bonds is 6. The summed E-state index contributed by atoms with van der Waals surface area (Å²) in [6, 6.07) is 12.7. The molecular formula is C20H21ClN2O3. The average Bonchev–Trinajstić information content (AvgIpc) is 3.43. The summed E-state index contributed by atoms with van der Waals surface area (Å²) in [5.74, 6) is -0.447. The van der Waals surface area contributed by atoms with E-state index in [0.717, 1.165) is 17.7 Å². The van der Waals surface area contributed by atoms with Gasteiger partial charge in [-0.2, -0.15) is 0 Å². The molecule has 1 aliphatic carbocycles. The second-order valence-electron chi connectivity index (χ2n) is 6.28. The van der Waals surface area contributed by atoms with Crippen molar-refractivity contribution in [1.82, 2.24) is 0 Å². The molecule has 2 N–H and O–H groups in total. The van der Waals surface area contributed by atoms with Crippen LogP contribution in [0.2, 0.25) is 5.02 Å². The van der Waals surface area contributed by atoms with Gasteiger partial charge in [-0.3, -0.25) is 9.59 Å². The molecule has 0 saturated heterocycles. The molecule has 2 amide bonds. The van der Waals surface area contributed by atoms with Crippen LogP contribution in [-0.2, 0) is 16.0 Å². The summed E-state index contributed by atoms with van der Waals surface area (Å²) in [5, 5.41) is 6.25. The Balaban J connectivity index is 1.62. The first-order chi connectivity index (χ1) is 12.5. The standard InChI is InChI=1S/C20H21ClN2O3/c1-3-12-6-4-5-7-16(12)22-19(24)14-11-15(14)20(25)23-17-10-13(21)8-9-18(17)26-2/h4-10,14-15H,3,11H2,1-2H3,(H,22,24)(H,23,25). The van der Waals surface area contributed by atoms with E-state index in [1.54, 1.807) is 18.2 Å². The van der Waals surface area contributed by atoms with Crippen LogP contribution in [0.15, 0.2) is 42.5 Å². The predicted octanol–water partition coefficient (Wildman–Crippen LogP) is 4.12. The number of nitrogens with one attached hydrogen (secondary N) is 2. The molecule has 0 spiro atoms. The highest BCUT2D eigenvalue weighted by Crippen LogP contribution is 2.41. The van der Waals surface area contributed by atoms with Crippen molar-refractivity contribution in [2.45, 2.75) is 19.8 Å². The molecule has 5 nitrogen and oxygen atoms in total. The normalized spacial score (nSPS) is 18.1. The molecule has 6 heteroatoms. The molecule has 2 aromatic rings. The van der Waals surface area contributed by atoms with Crippen molar-refractivity contribution in [2.24, 2.45) is 11.8 Å². The lowest BCUT2D eigenvalue weighted by Gasteiger charge is -2.11. The van der Waals surface area contributed by atoms with Gasteiger partial charge in [0.15, 0.2) is 0 Å². The van der Waals surface area contributed by atoms with Crippen LogP contribution in [0.4, 0.5) is 11.4 Å².